The normalized spacial score (nSPS) is 9.47. The standard InChI is InChI=1S/C12H15NO2/c1-10(2)8-12(14)13-15-9-11-6-4-3-5-7-11/h3-8H,9H2,1-2H3,(H,13,14). The van der Waals surface area contributed by atoms with Gasteiger partial charge >= 0.3 is 0 Å². The molecule has 15 heavy (non-hydrogen) atoms. The van der Waals surface area contributed by atoms with Crippen LogP contribution in [0.3, 0.4) is 0 Å². The summed E-state index contributed by atoms with van der Waals surface area (Å²) in [5, 5.41) is 0. The Bertz CT molecular complexity index is 340. The fraction of sp³-hybridized carbons (Fsp3) is 0.250. The van der Waals surface area contributed by atoms with Crippen LogP contribution in [0.25, 0.3) is 0 Å². The molecule has 0 aliphatic carbocycles. The summed E-state index contributed by atoms with van der Waals surface area (Å²) in [6.07, 6.45) is 1.49. The molecule has 3 heteroatoms. The Kier molecular flexibility index (Phi) is 4.57. The lowest BCUT2D eigenvalue weighted by Gasteiger charge is -2.03. The van der Waals surface area contributed by atoms with E-state index in [9.17, 15) is 4.79 Å². The Morgan fingerprint density at radius 1 is 1.33 bits per heavy atom. The Labute approximate surface area is 89.7 Å². The van der Waals surface area contributed by atoms with Crippen LogP contribution in [-0.2, 0) is 16.2 Å². The van der Waals surface area contributed by atoms with Gasteiger partial charge in [-0.15, -0.1) is 0 Å². The van der Waals surface area contributed by atoms with Gasteiger partial charge < -0.3 is 0 Å². The summed E-state index contributed by atoms with van der Waals surface area (Å²) in [5.41, 5.74) is 4.31. The van der Waals surface area contributed by atoms with Crippen LogP contribution in [0.4, 0.5) is 0 Å². The van der Waals surface area contributed by atoms with Gasteiger partial charge in [0.25, 0.3) is 5.91 Å². The largest absolute Gasteiger partial charge is 0.269 e. The van der Waals surface area contributed by atoms with Crippen LogP contribution in [0.1, 0.15) is 19.4 Å². The molecule has 1 aromatic carbocycles. The molecule has 1 amide bonds. The maximum Gasteiger partial charge on any atom is 0.267 e. The molecule has 0 spiro atoms. The molecule has 1 rings (SSSR count). The summed E-state index contributed by atoms with van der Waals surface area (Å²) in [6.45, 7) is 4.09. The highest BCUT2D eigenvalue weighted by Crippen LogP contribution is 1.99. The van der Waals surface area contributed by atoms with Gasteiger partial charge in [0.05, 0.1) is 6.61 Å². The quantitative estimate of drug-likeness (QED) is 0.604. The maximum atomic E-state index is 11.1. The van der Waals surface area contributed by atoms with Crippen molar-refractivity contribution in [2.45, 2.75) is 20.5 Å². The number of rotatable bonds is 4. The van der Waals surface area contributed by atoms with Crippen molar-refractivity contribution < 1.29 is 9.63 Å². The molecule has 1 aromatic rings. The van der Waals surface area contributed by atoms with Gasteiger partial charge in [0, 0.05) is 6.08 Å². The highest BCUT2D eigenvalue weighted by Gasteiger charge is 1.96. The second kappa shape index (κ2) is 5.98. The average Bonchev–Trinajstić information content (AvgIpc) is 2.18. The molecule has 0 fully saturated rings. The fourth-order valence-electron chi connectivity index (χ4n) is 1.06. The number of hydrogen-bond donors (Lipinski definition) is 1. The summed E-state index contributed by atoms with van der Waals surface area (Å²) in [7, 11) is 0. The van der Waals surface area contributed by atoms with Crippen LogP contribution in [0.15, 0.2) is 42.0 Å². The van der Waals surface area contributed by atoms with Crippen LogP contribution < -0.4 is 5.48 Å². The molecule has 1 N–H and O–H groups in total. The van der Waals surface area contributed by atoms with Crippen molar-refractivity contribution in [1.29, 1.82) is 0 Å². The number of amides is 1. The van der Waals surface area contributed by atoms with E-state index < -0.39 is 0 Å². The number of carbonyl (C=O) groups is 1. The van der Waals surface area contributed by atoms with Gasteiger partial charge in [-0.05, 0) is 19.4 Å². The molecule has 0 bridgehead atoms. The smallest absolute Gasteiger partial charge is 0.267 e. The van der Waals surface area contributed by atoms with Crippen LogP contribution >= 0.6 is 0 Å². The van der Waals surface area contributed by atoms with E-state index in [1.54, 1.807) is 0 Å². The topological polar surface area (TPSA) is 38.3 Å². The van der Waals surface area contributed by atoms with Crippen LogP contribution in [0, 0.1) is 0 Å². The predicted molar refractivity (Wildman–Crippen MR) is 58.8 cm³/mol. The Balaban J connectivity index is 2.28. The van der Waals surface area contributed by atoms with E-state index in [0.29, 0.717) is 6.61 Å². The van der Waals surface area contributed by atoms with Gasteiger partial charge in [0.15, 0.2) is 0 Å². The molecule has 0 radical (unpaired) electrons. The Morgan fingerprint density at radius 2 is 2.00 bits per heavy atom. The van der Waals surface area contributed by atoms with Gasteiger partial charge in [0.2, 0.25) is 0 Å². The van der Waals surface area contributed by atoms with Gasteiger partial charge in [-0.1, -0.05) is 35.9 Å². The van der Waals surface area contributed by atoms with E-state index in [2.05, 4.69) is 5.48 Å². The van der Waals surface area contributed by atoms with Crippen molar-refractivity contribution >= 4 is 5.91 Å². The minimum absolute atomic E-state index is 0.231. The number of benzene rings is 1. The van der Waals surface area contributed by atoms with E-state index in [-0.39, 0.29) is 5.91 Å². The molecule has 3 nitrogen and oxygen atoms in total. The van der Waals surface area contributed by atoms with Crippen LogP contribution in [-0.4, -0.2) is 5.91 Å². The highest BCUT2D eigenvalue weighted by atomic mass is 16.6. The molecule has 0 aliphatic heterocycles. The van der Waals surface area contributed by atoms with Crippen LogP contribution in [0.2, 0.25) is 0 Å². The third-order valence-corrected chi connectivity index (χ3v) is 1.67. The Morgan fingerprint density at radius 3 is 2.60 bits per heavy atom. The van der Waals surface area contributed by atoms with Crippen molar-refractivity contribution in [1.82, 2.24) is 5.48 Å². The first-order valence-electron chi connectivity index (χ1n) is 4.79. The van der Waals surface area contributed by atoms with E-state index >= 15 is 0 Å². The van der Waals surface area contributed by atoms with Gasteiger partial charge in [0.1, 0.15) is 0 Å². The zero-order chi connectivity index (χ0) is 11.1. The maximum absolute atomic E-state index is 11.1. The molecule has 0 aromatic heterocycles. The van der Waals surface area contributed by atoms with E-state index in [0.717, 1.165) is 11.1 Å². The van der Waals surface area contributed by atoms with E-state index in [4.69, 9.17) is 4.84 Å². The van der Waals surface area contributed by atoms with Crippen molar-refractivity contribution in [2.75, 3.05) is 0 Å². The average molecular weight is 205 g/mol. The second-order valence-corrected chi connectivity index (χ2v) is 3.46. The zero-order valence-corrected chi connectivity index (χ0v) is 8.99. The van der Waals surface area contributed by atoms with Gasteiger partial charge in [-0.25, -0.2) is 5.48 Å². The fourth-order valence-corrected chi connectivity index (χ4v) is 1.06. The predicted octanol–water partition coefficient (Wildman–Crippen LogP) is 2.20. The van der Waals surface area contributed by atoms with Crippen molar-refractivity contribution in [3.63, 3.8) is 0 Å². The van der Waals surface area contributed by atoms with Gasteiger partial charge in [-0.3, -0.25) is 9.63 Å². The van der Waals surface area contributed by atoms with Crippen LogP contribution in [0.5, 0.6) is 0 Å². The monoisotopic (exact) mass is 205 g/mol. The van der Waals surface area contributed by atoms with E-state index in [1.807, 2.05) is 44.2 Å². The van der Waals surface area contributed by atoms with Crippen molar-refractivity contribution in [2.24, 2.45) is 0 Å². The summed E-state index contributed by atoms with van der Waals surface area (Å²) in [5.74, 6) is -0.231. The SMILES string of the molecule is CC(C)=CC(=O)NOCc1ccccc1. The minimum atomic E-state index is -0.231. The molecule has 0 atom stereocenters. The first-order chi connectivity index (χ1) is 7.18. The second-order valence-electron chi connectivity index (χ2n) is 3.46. The highest BCUT2D eigenvalue weighted by molar-refractivity contribution is 5.87. The molecule has 0 saturated heterocycles. The number of nitrogens with one attached hydrogen (secondary N) is 1. The van der Waals surface area contributed by atoms with Gasteiger partial charge in [-0.2, -0.15) is 0 Å². The molecular formula is C12H15NO2. The number of allylic oxidation sites excluding steroid dienone is 1. The van der Waals surface area contributed by atoms with Crippen molar-refractivity contribution in [3.8, 4) is 0 Å². The lowest BCUT2D eigenvalue weighted by molar-refractivity contribution is -0.129. The molecule has 80 valence electrons. The molecule has 0 unspecified atom stereocenters. The Hall–Kier alpha value is -1.61. The summed E-state index contributed by atoms with van der Waals surface area (Å²) in [6, 6.07) is 9.67. The third kappa shape index (κ3) is 4.98. The number of carbonyl (C=O) groups excluding carboxylic acids is 1. The lowest BCUT2D eigenvalue weighted by atomic mass is 10.2. The molecule has 0 heterocycles. The lowest BCUT2D eigenvalue weighted by Crippen LogP contribution is -2.21. The third-order valence-electron chi connectivity index (χ3n) is 1.67. The minimum Gasteiger partial charge on any atom is -0.269 e. The van der Waals surface area contributed by atoms with E-state index in [1.165, 1.54) is 6.08 Å². The summed E-state index contributed by atoms with van der Waals surface area (Å²) < 4.78 is 0. The number of hydroxylamine groups is 1. The summed E-state index contributed by atoms with van der Waals surface area (Å²) in [4.78, 5) is 16.2. The molecule has 0 aliphatic rings. The first kappa shape index (κ1) is 11.5. The molecule has 0 saturated carbocycles. The van der Waals surface area contributed by atoms with Crippen molar-refractivity contribution in [3.05, 3.63) is 47.5 Å². The zero-order valence-electron chi connectivity index (χ0n) is 8.99. The first-order valence-corrected chi connectivity index (χ1v) is 4.79. The molecular weight excluding hydrogens is 190 g/mol. The summed E-state index contributed by atoms with van der Waals surface area (Å²) >= 11 is 0. The number of hydrogen-bond acceptors (Lipinski definition) is 2.